The quantitative estimate of drug-likeness (QED) is 0.501. The van der Waals surface area contributed by atoms with E-state index in [2.05, 4.69) is 15.5 Å². The van der Waals surface area contributed by atoms with Crippen LogP contribution < -0.4 is 5.32 Å². The van der Waals surface area contributed by atoms with Crippen LogP contribution in [0.1, 0.15) is 30.0 Å². The van der Waals surface area contributed by atoms with E-state index in [4.69, 9.17) is 9.15 Å². The van der Waals surface area contributed by atoms with Gasteiger partial charge in [0.1, 0.15) is 5.58 Å². The number of thioether (sulfide) groups is 1. The molecule has 0 fully saturated rings. The van der Waals surface area contributed by atoms with E-state index in [1.54, 1.807) is 11.8 Å². The zero-order valence-electron chi connectivity index (χ0n) is 13.4. The van der Waals surface area contributed by atoms with Crippen molar-refractivity contribution in [2.45, 2.75) is 24.8 Å². The first-order valence-corrected chi connectivity index (χ1v) is 9.39. The molecule has 6 nitrogen and oxygen atoms in total. The zero-order chi connectivity index (χ0) is 16.9. The molecule has 0 spiro atoms. The predicted octanol–water partition coefficient (Wildman–Crippen LogP) is 4.19. The largest absolute Gasteiger partial charge is 0.451 e. The van der Waals surface area contributed by atoms with Gasteiger partial charge in [-0.1, -0.05) is 48.2 Å². The molecule has 0 aliphatic heterocycles. The van der Waals surface area contributed by atoms with E-state index >= 15 is 0 Å². The number of fused-ring (bicyclic) bond motifs is 1. The standard InChI is InChI=1S/C16H17N3O3S2/c1-3-21-9-11-10-7-5-6-8-12(10)22-13(11)14(20)17-15-18-19-16(24-15)23-4-2/h5-8H,3-4,9H2,1-2H3,(H,17,18,20). The molecule has 0 unspecified atom stereocenters. The third-order valence-corrected chi connectivity index (χ3v) is 5.10. The topological polar surface area (TPSA) is 77.2 Å². The molecular formula is C16H17N3O3S2. The summed E-state index contributed by atoms with van der Waals surface area (Å²) in [5.74, 6) is 0.819. The molecule has 0 bridgehead atoms. The van der Waals surface area contributed by atoms with Crippen molar-refractivity contribution in [3.05, 3.63) is 35.6 Å². The Balaban J connectivity index is 1.87. The van der Waals surface area contributed by atoms with Gasteiger partial charge >= 0.3 is 0 Å². The molecule has 1 amide bonds. The van der Waals surface area contributed by atoms with Gasteiger partial charge in [0.15, 0.2) is 10.1 Å². The average Bonchev–Trinajstić information content (AvgIpc) is 3.17. The molecule has 3 aromatic rings. The number of carbonyl (C=O) groups excluding carboxylic acids is 1. The smallest absolute Gasteiger partial charge is 0.293 e. The molecule has 8 heteroatoms. The molecule has 0 aliphatic rings. The Hall–Kier alpha value is -1.90. The number of nitrogens with zero attached hydrogens (tertiary/aromatic N) is 2. The van der Waals surface area contributed by atoms with Crippen LogP contribution in [0.4, 0.5) is 5.13 Å². The van der Waals surface area contributed by atoms with Gasteiger partial charge in [0.05, 0.1) is 6.61 Å². The van der Waals surface area contributed by atoms with E-state index in [1.807, 2.05) is 38.1 Å². The van der Waals surface area contributed by atoms with E-state index in [0.717, 1.165) is 21.0 Å². The minimum atomic E-state index is -0.342. The average molecular weight is 363 g/mol. The van der Waals surface area contributed by atoms with Crippen LogP contribution in [0, 0.1) is 0 Å². The number of furan rings is 1. The molecular weight excluding hydrogens is 346 g/mol. The van der Waals surface area contributed by atoms with Gasteiger partial charge < -0.3 is 9.15 Å². The van der Waals surface area contributed by atoms with Crippen LogP contribution in [0.25, 0.3) is 11.0 Å². The third kappa shape index (κ3) is 3.61. The van der Waals surface area contributed by atoms with Crippen molar-refractivity contribution in [3.8, 4) is 0 Å². The summed E-state index contributed by atoms with van der Waals surface area (Å²) >= 11 is 2.93. The van der Waals surface area contributed by atoms with Gasteiger partial charge in [0, 0.05) is 17.6 Å². The minimum Gasteiger partial charge on any atom is -0.451 e. The van der Waals surface area contributed by atoms with Crippen LogP contribution in [0.3, 0.4) is 0 Å². The maximum Gasteiger partial charge on any atom is 0.293 e. The summed E-state index contributed by atoms with van der Waals surface area (Å²) in [7, 11) is 0. The second kappa shape index (κ2) is 7.78. The van der Waals surface area contributed by atoms with Crippen LogP contribution in [0.5, 0.6) is 0 Å². The molecule has 0 radical (unpaired) electrons. The maximum absolute atomic E-state index is 12.6. The SMILES string of the molecule is CCOCc1c(C(=O)Nc2nnc(SCC)s2)oc2ccccc12. The van der Waals surface area contributed by atoms with E-state index in [1.165, 1.54) is 11.3 Å². The third-order valence-electron chi connectivity index (χ3n) is 3.25. The van der Waals surface area contributed by atoms with Crippen LogP contribution >= 0.6 is 23.1 Å². The number of amides is 1. The molecule has 2 aromatic heterocycles. The second-order valence-electron chi connectivity index (χ2n) is 4.80. The zero-order valence-corrected chi connectivity index (χ0v) is 15.0. The normalized spacial score (nSPS) is 11.1. The highest BCUT2D eigenvalue weighted by Gasteiger charge is 2.21. The van der Waals surface area contributed by atoms with Gasteiger partial charge in [-0.25, -0.2) is 0 Å². The number of para-hydroxylation sites is 1. The van der Waals surface area contributed by atoms with Gasteiger partial charge in [0.25, 0.3) is 5.91 Å². The van der Waals surface area contributed by atoms with Gasteiger partial charge in [-0.05, 0) is 18.7 Å². The van der Waals surface area contributed by atoms with Gasteiger partial charge in [0.2, 0.25) is 5.13 Å². The lowest BCUT2D eigenvalue weighted by Gasteiger charge is -2.03. The minimum absolute atomic E-state index is 0.254. The molecule has 3 rings (SSSR count). The Labute approximate surface area is 147 Å². The Morgan fingerprint density at radius 3 is 2.96 bits per heavy atom. The summed E-state index contributed by atoms with van der Waals surface area (Å²) in [6, 6.07) is 7.54. The summed E-state index contributed by atoms with van der Waals surface area (Å²) in [4.78, 5) is 12.6. The number of anilines is 1. The Morgan fingerprint density at radius 1 is 1.33 bits per heavy atom. The molecule has 0 saturated carbocycles. The van der Waals surface area contributed by atoms with E-state index < -0.39 is 0 Å². The fraction of sp³-hybridized carbons (Fsp3) is 0.312. The number of rotatable bonds is 7. The van der Waals surface area contributed by atoms with Gasteiger partial charge in [-0.15, -0.1) is 10.2 Å². The number of aromatic nitrogens is 2. The number of benzene rings is 1. The maximum atomic E-state index is 12.6. The van der Waals surface area contributed by atoms with Gasteiger partial charge in [-0.2, -0.15) is 0 Å². The van der Waals surface area contributed by atoms with E-state index in [0.29, 0.717) is 23.9 Å². The Bertz CT molecular complexity index is 844. The first-order chi connectivity index (χ1) is 11.7. The van der Waals surface area contributed by atoms with E-state index in [9.17, 15) is 4.79 Å². The van der Waals surface area contributed by atoms with Crippen LogP contribution in [0.15, 0.2) is 33.0 Å². The Kier molecular flexibility index (Phi) is 5.49. The first kappa shape index (κ1) is 16.9. The van der Waals surface area contributed by atoms with Crippen molar-refractivity contribution in [1.29, 1.82) is 0 Å². The summed E-state index contributed by atoms with van der Waals surface area (Å²) < 4.78 is 12.1. The van der Waals surface area contributed by atoms with Crippen LogP contribution in [-0.2, 0) is 11.3 Å². The second-order valence-corrected chi connectivity index (χ2v) is 7.29. The van der Waals surface area contributed by atoms with Crippen LogP contribution in [-0.4, -0.2) is 28.5 Å². The van der Waals surface area contributed by atoms with Gasteiger partial charge in [-0.3, -0.25) is 10.1 Å². The number of hydrogen-bond donors (Lipinski definition) is 1. The fourth-order valence-electron chi connectivity index (χ4n) is 2.23. The predicted molar refractivity (Wildman–Crippen MR) is 95.8 cm³/mol. The fourth-order valence-corrected chi connectivity index (χ4v) is 3.87. The lowest BCUT2D eigenvalue weighted by atomic mass is 10.1. The molecule has 0 atom stereocenters. The number of ether oxygens (including phenoxy) is 1. The molecule has 24 heavy (non-hydrogen) atoms. The highest BCUT2D eigenvalue weighted by atomic mass is 32.2. The molecule has 0 aliphatic carbocycles. The summed E-state index contributed by atoms with van der Waals surface area (Å²) in [6.07, 6.45) is 0. The van der Waals surface area contributed by atoms with Crippen molar-refractivity contribution in [2.24, 2.45) is 0 Å². The molecule has 1 N–H and O–H groups in total. The van der Waals surface area contributed by atoms with Crippen molar-refractivity contribution in [3.63, 3.8) is 0 Å². The van der Waals surface area contributed by atoms with Crippen molar-refractivity contribution in [2.75, 3.05) is 17.7 Å². The lowest BCUT2D eigenvalue weighted by molar-refractivity contribution is 0.0984. The monoisotopic (exact) mass is 363 g/mol. The van der Waals surface area contributed by atoms with Crippen molar-refractivity contribution < 1.29 is 13.9 Å². The van der Waals surface area contributed by atoms with Crippen LogP contribution in [0.2, 0.25) is 0 Å². The van der Waals surface area contributed by atoms with E-state index in [-0.39, 0.29) is 11.7 Å². The number of nitrogens with one attached hydrogen (secondary N) is 1. The summed E-state index contributed by atoms with van der Waals surface area (Å²) in [5, 5.41) is 12.1. The molecule has 126 valence electrons. The van der Waals surface area contributed by atoms with Crippen molar-refractivity contribution in [1.82, 2.24) is 10.2 Å². The summed E-state index contributed by atoms with van der Waals surface area (Å²) in [5.41, 5.74) is 1.41. The highest BCUT2D eigenvalue weighted by molar-refractivity contribution is 8.01. The number of carbonyl (C=O) groups is 1. The van der Waals surface area contributed by atoms with Crippen molar-refractivity contribution >= 4 is 45.1 Å². The lowest BCUT2D eigenvalue weighted by Crippen LogP contribution is -2.13. The molecule has 2 heterocycles. The first-order valence-electron chi connectivity index (χ1n) is 7.58. The molecule has 1 aromatic carbocycles. The molecule has 0 saturated heterocycles. The summed E-state index contributed by atoms with van der Waals surface area (Å²) in [6.45, 7) is 4.84. The number of hydrogen-bond acceptors (Lipinski definition) is 7. The Morgan fingerprint density at radius 2 is 2.17 bits per heavy atom. The highest BCUT2D eigenvalue weighted by Crippen LogP contribution is 2.29.